The van der Waals surface area contributed by atoms with E-state index in [0.29, 0.717) is 52.6 Å². The minimum atomic E-state index is -4.78. The summed E-state index contributed by atoms with van der Waals surface area (Å²) in [6.07, 6.45) is -5.18. The number of ether oxygens (including phenoxy) is 2. The number of carbonyl (C=O) groups is 3. The molecule has 4 atom stereocenters. The van der Waals surface area contributed by atoms with Crippen LogP contribution in [0, 0.1) is 41.5 Å². The van der Waals surface area contributed by atoms with Crippen molar-refractivity contribution in [3.05, 3.63) is 53.6 Å². The Morgan fingerprint density at radius 2 is 1.77 bits per heavy atom. The molecule has 3 saturated heterocycles. The number of nitrogens with zero attached hydrogens (tertiary/aromatic N) is 8. The third-order valence-electron chi connectivity index (χ3n) is 13.9. The standard InChI is InChI=1S/C52H63F7N10O5.Os/c1-31(2)44(65(8)49(72)67-27-34(28-67)12-14-51(54,55)56)26-61-41-13-15-60-32(3)36-22-37-39(24-50(5,6)30-74-48(71)42-11-10-16-69(63-42)47(41)70)46(68(29-52(57,58)59)43(37)23-40(36)53)38-21-35(25-62-45(38)33(4)73-9)66-19-17-64(7)18-20-66;/h3,21-23,25,31,33-34,41-42,44,61,63H,10-11,13,16-20,24,27-30H2,1-2,4-9H3;/q-2;/t33-,41-,42-,44+;/m0./s1. The molecule has 3 aromatic rings. The van der Waals surface area contributed by atoms with Gasteiger partial charge in [-0.25, -0.2) is 0 Å². The zero-order chi connectivity index (χ0) is 54.9. The molecule has 0 saturated carbocycles. The number of likely N-dealkylation sites (tertiary alicyclic amines) is 1. The molecule has 0 spiro atoms. The van der Waals surface area contributed by atoms with Crippen LogP contribution in [0.3, 0.4) is 0 Å². The van der Waals surface area contributed by atoms with Gasteiger partial charge in [-0.1, -0.05) is 0 Å². The first kappa shape index (κ1) is 57.5. The van der Waals surface area contributed by atoms with Crippen LogP contribution in [-0.2, 0) is 50.2 Å². The van der Waals surface area contributed by atoms with Crippen LogP contribution in [0.4, 0.5) is 41.2 Å². The van der Waals surface area contributed by atoms with Gasteiger partial charge in [0.1, 0.15) is 6.54 Å². The summed E-state index contributed by atoms with van der Waals surface area (Å²) in [5.74, 6) is 0.374. The van der Waals surface area contributed by atoms with Gasteiger partial charge in [0.15, 0.2) is 0 Å². The summed E-state index contributed by atoms with van der Waals surface area (Å²) in [6, 6.07) is 0.948. The number of halogens is 7. The van der Waals surface area contributed by atoms with Crippen molar-refractivity contribution >= 4 is 50.6 Å². The van der Waals surface area contributed by atoms with Crippen LogP contribution in [0.5, 0.6) is 0 Å². The number of likely N-dealkylation sites (N-methyl/N-ethyl adjacent to an activating group) is 2. The van der Waals surface area contributed by atoms with Crippen molar-refractivity contribution in [1.29, 1.82) is 0 Å². The molecule has 2 aromatic heterocycles. The number of esters is 1. The normalized spacial score (nSPS) is 21.3. The van der Waals surface area contributed by atoms with E-state index >= 15 is 4.39 Å². The molecule has 3 fully saturated rings. The molecule has 3 amide bonds. The number of amides is 3. The maximum atomic E-state index is 16.7. The number of aromatic nitrogens is 2. The monoisotopic (exact) mass is 1230 g/mol. The van der Waals surface area contributed by atoms with Gasteiger partial charge in [-0.15, -0.1) is 0 Å². The van der Waals surface area contributed by atoms with Crippen molar-refractivity contribution in [1.82, 2.24) is 40.0 Å². The molecule has 75 heavy (non-hydrogen) atoms. The van der Waals surface area contributed by atoms with E-state index < -0.39 is 78.2 Å². The predicted molar refractivity (Wildman–Crippen MR) is 265 cm³/mol. The molecule has 4 aliphatic rings. The number of nitrogens with one attached hydrogen (secondary N) is 2. The van der Waals surface area contributed by atoms with Crippen molar-refractivity contribution in [3.63, 3.8) is 0 Å². The number of hydrogen-bond acceptors (Lipinski definition) is 11. The van der Waals surface area contributed by atoms with Gasteiger partial charge in [-0.2, -0.15) is 13.2 Å². The Balaban J connectivity index is 1.30. The summed E-state index contributed by atoms with van der Waals surface area (Å²) in [7, 11) is 5.03. The molecular weight excluding hydrogens is 1170 g/mol. The number of aliphatic imine (C=N–C) groups is 1. The van der Waals surface area contributed by atoms with Gasteiger partial charge in [0.25, 0.3) is 0 Å². The van der Waals surface area contributed by atoms with E-state index in [-0.39, 0.29) is 72.9 Å². The number of alkyl halides is 6. The zero-order valence-electron chi connectivity index (χ0n) is 43.2. The second kappa shape index (κ2) is 23.1. The Morgan fingerprint density at radius 1 is 1.08 bits per heavy atom. The molecule has 4 aliphatic heterocycles. The molecule has 23 heteroatoms. The molecule has 0 aliphatic carbocycles. The molecule has 15 nitrogen and oxygen atoms in total. The van der Waals surface area contributed by atoms with E-state index in [2.05, 4.69) is 37.7 Å². The van der Waals surface area contributed by atoms with Gasteiger partial charge in [-0.3, -0.25) is 4.98 Å². The van der Waals surface area contributed by atoms with Gasteiger partial charge in [0.2, 0.25) is 0 Å². The van der Waals surface area contributed by atoms with E-state index in [0.717, 1.165) is 23.7 Å². The quantitative estimate of drug-likeness (QED) is 0.0965. The number of piperazine rings is 1. The van der Waals surface area contributed by atoms with Crippen LogP contribution in [0.2, 0.25) is 0 Å². The van der Waals surface area contributed by atoms with Crippen LogP contribution >= 0.6 is 0 Å². The number of fused-ring (bicyclic) bond motifs is 3. The Hall–Kier alpha value is -5.25. The first-order valence-electron chi connectivity index (χ1n) is 24.7. The molecule has 0 unspecified atom stereocenters. The molecule has 2 N–H and O–H groups in total. The molecule has 0 radical (unpaired) electrons. The minimum absolute atomic E-state index is 0.00449. The summed E-state index contributed by atoms with van der Waals surface area (Å²) in [5, 5.41) is 4.78. The number of pyridine rings is 1. The topological polar surface area (TPSA) is 140 Å². The van der Waals surface area contributed by atoms with Crippen LogP contribution in [0.25, 0.3) is 27.9 Å². The summed E-state index contributed by atoms with van der Waals surface area (Å²) in [6.45, 7) is 16.9. The molecule has 4 bridgehead atoms. The molecule has 1 aromatic carbocycles. The molecule has 410 valence electrons. The van der Waals surface area contributed by atoms with E-state index in [1.165, 1.54) is 52.1 Å². The number of benzene rings is 1. The second-order valence-electron chi connectivity index (χ2n) is 20.8. The first-order valence-corrected chi connectivity index (χ1v) is 26.0. The first-order chi connectivity index (χ1) is 35.1. The number of carbonyl (C=O) groups excluding carboxylic acids is 3. The van der Waals surface area contributed by atoms with E-state index in [1.807, 2.05) is 27.0 Å². The van der Waals surface area contributed by atoms with Crippen molar-refractivity contribution in [2.24, 2.45) is 22.2 Å². The summed E-state index contributed by atoms with van der Waals surface area (Å²) >= 11 is 1.40. The fraction of sp³-hybridized carbons (Fsp3) is 0.577. The van der Waals surface area contributed by atoms with Crippen molar-refractivity contribution in [2.45, 2.75) is 103 Å². The van der Waals surface area contributed by atoms with E-state index in [4.69, 9.17) is 21.0 Å². The fourth-order valence-electron chi connectivity index (χ4n) is 9.87. The van der Waals surface area contributed by atoms with Crippen LogP contribution in [-0.4, -0.2) is 162 Å². The summed E-state index contributed by atoms with van der Waals surface area (Å²) in [4.78, 5) is 58.4. The predicted octanol–water partition coefficient (Wildman–Crippen LogP) is 6.81. The van der Waals surface area contributed by atoms with Gasteiger partial charge < -0.3 is 14.5 Å². The van der Waals surface area contributed by atoms with Crippen molar-refractivity contribution < 1.29 is 72.7 Å². The molecular formula is C52H63F7N10O5Os-2. The number of methoxy groups -OCH3 is 1. The zero-order valence-corrected chi connectivity index (χ0v) is 45.7. The van der Waals surface area contributed by atoms with Gasteiger partial charge in [0, 0.05) is 38.9 Å². The number of urea groups is 1. The van der Waals surface area contributed by atoms with Gasteiger partial charge in [-0.05, 0) is 20.0 Å². The second-order valence-corrected chi connectivity index (χ2v) is 22.1. The van der Waals surface area contributed by atoms with Gasteiger partial charge >= 0.3 is 322 Å². The average Bonchev–Trinajstić information content (AvgIpc) is 3.59. The van der Waals surface area contributed by atoms with Crippen molar-refractivity contribution in [2.75, 3.05) is 78.5 Å². The van der Waals surface area contributed by atoms with Crippen LogP contribution in [0.1, 0.15) is 76.8 Å². The van der Waals surface area contributed by atoms with Crippen molar-refractivity contribution in [3.8, 4) is 23.1 Å². The third-order valence-corrected chi connectivity index (χ3v) is 15.0. The number of rotatable bonds is 10. The van der Waals surface area contributed by atoms with E-state index in [1.54, 1.807) is 34.0 Å². The average molecular weight is 1230 g/mol. The molecule has 6 heterocycles. The number of anilines is 1. The third kappa shape index (κ3) is 13.7. The summed E-state index contributed by atoms with van der Waals surface area (Å²) in [5.41, 5.74) is 3.24. The number of hydrazine groups is 1. The SMILES string of the molecule is [CH-]=C1N=[C-]C[C@H](N[C](=[Os])[C@H](C(C)C)N(C)C(=O)N2CC(C#CC(F)(F)F)C2)C(=O)N2CCC[C@H](N2)C(=O)OCC(C)(C)Cc2c(-c3cc(N4CCN(C)CC4)cnc3[C@H](C)OC)n(CC(F)(F)F)c3cc(F)c1cc23. The Labute approximate surface area is 442 Å². The summed E-state index contributed by atoms with van der Waals surface area (Å²) < 4.78 is 113. The molecule has 7 rings (SSSR count). The van der Waals surface area contributed by atoms with Crippen LogP contribution < -0.4 is 15.6 Å². The van der Waals surface area contributed by atoms with E-state index in [9.17, 15) is 40.7 Å². The Kier molecular flexibility index (Phi) is 17.7. The van der Waals surface area contributed by atoms with Crippen LogP contribution in [0.15, 0.2) is 29.4 Å². The Bertz CT molecular complexity index is 2760. The maximum absolute atomic E-state index is 16.7. The number of hydrogen-bond donors (Lipinski definition) is 2. The van der Waals surface area contributed by atoms with Gasteiger partial charge in [0.05, 0.1) is 23.7 Å². The Morgan fingerprint density at radius 3 is 2.41 bits per heavy atom. The number of cyclic esters (lactones) is 1. The fourth-order valence-corrected chi connectivity index (χ4v) is 11.7.